The maximum absolute atomic E-state index is 12.3. The van der Waals surface area contributed by atoms with Gasteiger partial charge in [-0.25, -0.2) is 0 Å². The third-order valence-electron chi connectivity index (χ3n) is 3.34. The minimum absolute atomic E-state index is 0.0694. The van der Waals surface area contributed by atoms with Crippen molar-refractivity contribution in [3.05, 3.63) is 10.6 Å². The molecule has 1 aromatic heterocycles. The molecule has 1 fully saturated rings. The van der Waals surface area contributed by atoms with Gasteiger partial charge in [0.05, 0.1) is 5.69 Å². The van der Waals surface area contributed by atoms with Gasteiger partial charge in [0.2, 0.25) is 0 Å². The van der Waals surface area contributed by atoms with E-state index in [1.165, 1.54) is 11.5 Å². The largest absolute Gasteiger partial charge is 0.337 e. The summed E-state index contributed by atoms with van der Waals surface area (Å²) in [5, 5.41) is 3.98. The molecule has 0 radical (unpaired) electrons. The van der Waals surface area contributed by atoms with Gasteiger partial charge in [-0.05, 0) is 37.2 Å². The summed E-state index contributed by atoms with van der Waals surface area (Å²) in [6.45, 7) is 5.55. The maximum atomic E-state index is 12.3. The molecule has 2 unspecified atom stereocenters. The summed E-state index contributed by atoms with van der Waals surface area (Å²) in [4.78, 5) is 14.8. The molecule has 0 spiro atoms. The lowest BCUT2D eigenvalue weighted by Gasteiger charge is -2.17. The molecule has 1 saturated heterocycles. The van der Waals surface area contributed by atoms with Gasteiger partial charge in [-0.15, -0.1) is 5.10 Å². The Kier molecular flexibility index (Phi) is 3.73. The van der Waals surface area contributed by atoms with Gasteiger partial charge >= 0.3 is 0 Å². The lowest BCUT2D eigenvalue weighted by atomic mass is 10.0. The van der Waals surface area contributed by atoms with E-state index in [-0.39, 0.29) is 11.9 Å². The quantitative estimate of drug-likeness (QED) is 0.870. The van der Waals surface area contributed by atoms with Crippen LogP contribution in [0.3, 0.4) is 0 Å². The predicted molar refractivity (Wildman–Crippen MR) is 66.9 cm³/mol. The molecule has 2 heterocycles. The number of carbonyl (C=O) groups excluding carboxylic acids is 1. The molecule has 6 heteroatoms. The van der Waals surface area contributed by atoms with E-state index in [2.05, 4.69) is 9.59 Å². The Labute approximate surface area is 105 Å². The van der Waals surface area contributed by atoms with Crippen LogP contribution in [-0.2, 0) is 6.42 Å². The zero-order valence-electron chi connectivity index (χ0n) is 10.2. The number of hydrogen-bond donors (Lipinski definition) is 1. The Bertz CT molecular complexity index is 404. The molecule has 0 aliphatic carbocycles. The second kappa shape index (κ2) is 5.10. The van der Waals surface area contributed by atoms with E-state index in [4.69, 9.17) is 5.73 Å². The van der Waals surface area contributed by atoms with Crippen LogP contribution in [-0.4, -0.2) is 39.5 Å². The van der Waals surface area contributed by atoms with E-state index in [0.717, 1.165) is 31.6 Å². The first-order valence-corrected chi connectivity index (χ1v) is 6.77. The van der Waals surface area contributed by atoms with Crippen LogP contribution in [0.2, 0.25) is 0 Å². The van der Waals surface area contributed by atoms with Crippen LogP contribution >= 0.6 is 11.5 Å². The molecule has 1 amide bonds. The Hall–Kier alpha value is -1.01. The standard InChI is InChI=1S/C11H18N4OS/c1-3-9-10(17-14-13-9)11(16)15-5-4-8(6-15)7(2)12/h7-8H,3-6,12H2,1-2H3. The molecule has 17 heavy (non-hydrogen) atoms. The Balaban J connectivity index is 2.07. The Morgan fingerprint density at radius 1 is 1.71 bits per heavy atom. The van der Waals surface area contributed by atoms with E-state index in [1.807, 2.05) is 18.7 Å². The van der Waals surface area contributed by atoms with Crippen LogP contribution in [0.25, 0.3) is 0 Å². The van der Waals surface area contributed by atoms with E-state index in [9.17, 15) is 4.79 Å². The van der Waals surface area contributed by atoms with Gasteiger partial charge in [0.25, 0.3) is 5.91 Å². The van der Waals surface area contributed by atoms with Crippen molar-refractivity contribution in [2.24, 2.45) is 11.7 Å². The number of nitrogens with two attached hydrogens (primary N) is 1. The summed E-state index contributed by atoms with van der Waals surface area (Å²) in [5.74, 6) is 0.491. The first-order valence-electron chi connectivity index (χ1n) is 5.99. The van der Waals surface area contributed by atoms with Crippen molar-refractivity contribution in [3.63, 3.8) is 0 Å². The van der Waals surface area contributed by atoms with E-state index >= 15 is 0 Å². The predicted octanol–water partition coefficient (Wildman–Crippen LogP) is 0.910. The Morgan fingerprint density at radius 3 is 3.06 bits per heavy atom. The van der Waals surface area contributed by atoms with Crippen molar-refractivity contribution in [2.75, 3.05) is 13.1 Å². The molecule has 0 aromatic carbocycles. The summed E-state index contributed by atoms with van der Waals surface area (Å²) in [5.41, 5.74) is 6.68. The third-order valence-corrected chi connectivity index (χ3v) is 4.10. The van der Waals surface area contributed by atoms with Crippen molar-refractivity contribution < 1.29 is 4.79 Å². The first kappa shape index (κ1) is 12.4. The molecule has 5 nitrogen and oxygen atoms in total. The monoisotopic (exact) mass is 254 g/mol. The molecular formula is C11H18N4OS. The Morgan fingerprint density at radius 2 is 2.47 bits per heavy atom. The number of nitrogens with zero attached hydrogens (tertiary/aromatic N) is 3. The van der Waals surface area contributed by atoms with Gasteiger partial charge in [0.15, 0.2) is 0 Å². The topological polar surface area (TPSA) is 72.1 Å². The van der Waals surface area contributed by atoms with Crippen LogP contribution in [0.5, 0.6) is 0 Å². The molecule has 0 saturated carbocycles. The van der Waals surface area contributed by atoms with Crippen molar-refractivity contribution in [1.29, 1.82) is 0 Å². The van der Waals surface area contributed by atoms with Crippen LogP contribution in [0.4, 0.5) is 0 Å². The third kappa shape index (κ3) is 2.47. The number of aromatic nitrogens is 2. The molecule has 1 aliphatic heterocycles. The van der Waals surface area contributed by atoms with Gasteiger partial charge in [0.1, 0.15) is 4.88 Å². The van der Waals surface area contributed by atoms with Gasteiger partial charge in [-0.1, -0.05) is 11.4 Å². The highest BCUT2D eigenvalue weighted by molar-refractivity contribution is 7.08. The fourth-order valence-corrected chi connectivity index (χ4v) is 2.87. The van der Waals surface area contributed by atoms with Crippen LogP contribution in [0.15, 0.2) is 0 Å². The minimum atomic E-state index is 0.0694. The summed E-state index contributed by atoms with van der Waals surface area (Å²) >= 11 is 1.20. The molecule has 94 valence electrons. The van der Waals surface area contributed by atoms with Crippen molar-refractivity contribution in [1.82, 2.24) is 14.5 Å². The highest BCUT2D eigenvalue weighted by Gasteiger charge is 2.30. The van der Waals surface area contributed by atoms with Crippen LogP contribution in [0.1, 0.15) is 35.6 Å². The fraction of sp³-hybridized carbons (Fsp3) is 0.727. The number of hydrogen-bond acceptors (Lipinski definition) is 5. The number of rotatable bonds is 3. The van der Waals surface area contributed by atoms with Gasteiger partial charge in [0, 0.05) is 19.1 Å². The lowest BCUT2D eigenvalue weighted by molar-refractivity contribution is 0.0789. The van der Waals surface area contributed by atoms with Crippen LogP contribution < -0.4 is 5.73 Å². The molecule has 2 rings (SSSR count). The highest BCUT2D eigenvalue weighted by atomic mass is 32.1. The molecule has 0 bridgehead atoms. The van der Waals surface area contributed by atoms with E-state index in [1.54, 1.807) is 0 Å². The van der Waals surface area contributed by atoms with Crippen LogP contribution in [0, 0.1) is 5.92 Å². The lowest BCUT2D eigenvalue weighted by Crippen LogP contribution is -2.33. The number of aryl methyl sites for hydroxylation is 1. The second-order valence-electron chi connectivity index (χ2n) is 4.56. The SMILES string of the molecule is CCc1nnsc1C(=O)N1CCC(C(C)N)C1. The van der Waals surface area contributed by atoms with Gasteiger partial charge in [-0.2, -0.15) is 0 Å². The average Bonchev–Trinajstić information content (AvgIpc) is 2.96. The van der Waals surface area contributed by atoms with Crippen molar-refractivity contribution in [3.8, 4) is 0 Å². The second-order valence-corrected chi connectivity index (χ2v) is 5.32. The number of likely N-dealkylation sites (tertiary alicyclic amines) is 1. The highest BCUT2D eigenvalue weighted by Crippen LogP contribution is 2.22. The molecule has 2 N–H and O–H groups in total. The number of amides is 1. The fourth-order valence-electron chi connectivity index (χ4n) is 2.15. The van der Waals surface area contributed by atoms with Gasteiger partial charge in [-0.3, -0.25) is 4.79 Å². The molecule has 1 aromatic rings. The zero-order valence-corrected chi connectivity index (χ0v) is 11.0. The van der Waals surface area contributed by atoms with Crippen molar-refractivity contribution in [2.45, 2.75) is 32.7 Å². The summed E-state index contributed by atoms with van der Waals surface area (Å²) in [7, 11) is 0. The van der Waals surface area contributed by atoms with Crippen molar-refractivity contribution >= 4 is 17.4 Å². The minimum Gasteiger partial charge on any atom is -0.337 e. The smallest absolute Gasteiger partial charge is 0.267 e. The zero-order chi connectivity index (χ0) is 12.4. The summed E-state index contributed by atoms with van der Waals surface area (Å²) in [6, 6.07) is 0.151. The maximum Gasteiger partial charge on any atom is 0.267 e. The van der Waals surface area contributed by atoms with Gasteiger partial charge < -0.3 is 10.6 Å². The molecular weight excluding hydrogens is 236 g/mol. The molecule has 2 atom stereocenters. The normalized spacial score (nSPS) is 21.8. The summed E-state index contributed by atoms with van der Waals surface area (Å²) in [6.07, 6.45) is 1.75. The summed E-state index contributed by atoms with van der Waals surface area (Å²) < 4.78 is 3.86. The van der Waals surface area contributed by atoms with E-state index in [0.29, 0.717) is 10.8 Å². The van der Waals surface area contributed by atoms with E-state index < -0.39 is 0 Å². The number of carbonyl (C=O) groups is 1. The first-order chi connectivity index (χ1) is 8.13. The average molecular weight is 254 g/mol. The molecule has 1 aliphatic rings.